The number of rotatable bonds is 6. The fourth-order valence-corrected chi connectivity index (χ4v) is 5.07. The molecule has 3 aromatic rings. The number of aromatic carboxylic acids is 1. The Hall–Kier alpha value is -3.61. The highest BCUT2D eigenvalue weighted by atomic mass is 16.6. The summed E-state index contributed by atoms with van der Waals surface area (Å²) in [6.45, 7) is 15.8. The van der Waals surface area contributed by atoms with Gasteiger partial charge in [0.25, 0.3) is 0 Å². The maximum absolute atomic E-state index is 12.9. The predicted molar refractivity (Wildman–Crippen MR) is 151 cm³/mol. The maximum atomic E-state index is 12.9. The standard InChI is InChI=1S/C31H39N3O4/c1-8-24-11-12-25(20(4)32-24)26-15-23(29(35)36)14-22-16-27(34(28(22)26)17-19(2)3)21-10-9-13-33(18-21)30(37)38-31(5,6)7/h10-12,14-16,19H,8-9,13,17-18H2,1-7H3,(H,35,36). The molecule has 0 saturated heterocycles. The Morgan fingerprint density at radius 1 is 1.13 bits per heavy atom. The van der Waals surface area contributed by atoms with Gasteiger partial charge >= 0.3 is 12.1 Å². The number of carbonyl (C=O) groups excluding carboxylic acids is 1. The number of pyridine rings is 1. The highest BCUT2D eigenvalue weighted by molar-refractivity contribution is 6.03. The summed E-state index contributed by atoms with van der Waals surface area (Å²) in [6, 6.07) is 9.66. The summed E-state index contributed by atoms with van der Waals surface area (Å²) in [6.07, 6.45) is 3.43. The number of hydrogen-bond acceptors (Lipinski definition) is 4. The second-order valence-corrected chi connectivity index (χ2v) is 11.5. The van der Waals surface area contributed by atoms with Gasteiger partial charge in [-0.3, -0.25) is 4.98 Å². The monoisotopic (exact) mass is 517 g/mol. The summed E-state index contributed by atoms with van der Waals surface area (Å²) in [5, 5.41) is 10.8. The third-order valence-corrected chi connectivity index (χ3v) is 6.71. The van der Waals surface area contributed by atoms with E-state index >= 15 is 0 Å². The van der Waals surface area contributed by atoms with Crippen molar-refractivity contribution >= 4 is 28.5 Å². The molecular weight excluding hydrogens is 478 g/mol. The van der Waals surface area contributed by atoms with Gasteiger partial charge in [0.1, 0.15) is 5.60 Å². The Labute approximate surface area is 225 Å². The molecule has 2 aromatic heterocycles. The van der Waals surface area contributed by atoms with E-state index in [-0.39, 0.29) is 11.7 Å². The summed E-state index contributed by atoms with van der Waals surface area (Å²) >= 11 is 0. The summed E-state index contributed by atoms with van der Waals surface area (Å²) in [7, 11) is 0. The number of carboxylic acids is 1. The number of aryl methyl sites for hydroxylation is 2. The predicted octanol–water partition coefficient (Wildman–Crippen LogP) is 6.95. The normalized spacial score (nSPS) is 14.2. The van der Waals surface area contributed by atoms with Crippen molar-refractivity contribution in [2.45, 2.75) is 73.5 Å². The summed E-state index contributed by atoms with van der Waals surface area (Å²) in [4.78, 5) is 31.5. The quantitative estimate of drug-likeness (QED) is 0.382. The van der Waals surface area contributed by atoms with Crippen LogP contribution < -0.4 is 0 Å². The third-order valence-electron chi connectivity index (χ3n) is 6.71. The first kappa shape index (κ1) is 27.4. The largest absolute Gasteiger partial charge is 0.478 e. The van der Waals surface area contributed by atoms with E-state index in [2.05, 4.69) is 43.5 Å². The van der Waals surface area contributed by atoms with Gasteiger partial charge in [-0.15, -0.1) is 0 Å². The lowest BCUT2D eigenvalue weighted by atomic mass is 9.98. The van der Waals surface area contributed by atoms with Crippen LogP contribution in [-0.4, -0.2) is 50.3 Å². The van der Waals surface area contributed by atoms with Crippen molar-refractivity contribution in [3.8, 4) is 11.1 Å². The molecule has 7 nitrogen and oxygen atoms in total. The first-order valence-electron chi connectivity index (χ1n) is 13.4. The van der Waals surface area contributed by atoms with E-state index in [9.17, 15) is 14.7 Å². The van der Waals surface area contributed by atoms with Gasteiger partial charge in [-0.2, -0.15) is 0 Å². The number of carboxylic acid groups (broad SMARTS) is 1. The van der Waals surface area contributed by atoms with Crippen LogP contribution in [0.25, 0.3) is 27.6 Å². The van der Waals surface area contributed by atoms with Gasteiger partial charge in [0.15, 0.2) is 0 Å². The van der Waals surface area contributed by atoms with Crippen molar-refractivity contribution in [2.75, 3.05) is 13.1 Å². The molecule has 7 heteroatoms. The van der Waals surface area contributed by atoms with Crippen LogP contribution in [0.2, 0.25) is 0 Å². The molecule has 4 rings (SSSR count). The average Bonchev–Trinajstić information content (AvgIpc) is 3.20. The second kappa shape index (κ2) is 10.6. The zero-order chi connectivity index (χ0) is 27.8. The Balaban J connectivity index is 1.90. The summed E-state index contributed by atoms with van der Waals surface area (Å²) < 4.78 is 7.94. The molecule has 1 amide bonds. The summed E-state index contributed by atoms with van der Waals surface area (Å²) in [5.41, 5.74) is 6.38. The van der Waals surface area contributed by atoms with Crippen molar-refractivity contribution in [2.24, 2.45) is 5.92 Å². The van der Waals surface area contributed by atoms with Crippen LogP contribution in [0, 0.1) is 12.8 Å². The molecule has 0 saturated carbocycles. The van der Waals surface area contributed by atoms with Crippen LogP contribution in [0.3, 0.4) is 0 Å². The topological polar surface area (TPSA) is 84.7 Å². The molecule has 0 bridgehead atoms. The molecule has 0 fully saturated rings. The van der Waals surface area contributed by atoms with Gasteiger partial charge in [0, 0.05) is 46.7 Å². The Bertz CT molecular complexity index is 1410. The molecule has 0 aliphatic carbocycles. The van der Waals surface area contributed by atoms with Gasteiger partial charge < -0.3 is 19.3 Å². The molecule has 1 aliphatic heterocycles. The Morgan fingerprint density at radius 2 is 1.87 bits per heavy atom. The lowest BCUT2D eigenvalue weighted by molar-refractivity contribution is 0.0272. The molecule has 3 heterocycles. The van der Waals surface area contributed by atoms with Gasteiger partial charge in [0.05, 0.1) is 17.6 Å². The number of benzene rings is 1. The van der Waals surface area contributed by atoms with Crippen molar-refractivity contribution in [3.05, 3.63) is 59.1 Å². The molecule has 38 heavy (non-hydrogen) atoms. The third kappa shape index (κ3) is 5.77. The SMILES string of the molecule is CCc1ccc(-c2cc(C(=O)O)cc3cc(C4=CCCN(C(=O)OC(C)(C)C)C4)n(CC(C)C)c23)c(C)n1. The number of amides is 1. The number of nitrogens with zero attached hydrogens (tertiary/aromatic N) is 3. The highest BCUT2D eigenvalue weighted by Crippen LogP contribution is 2.37. The minimum absolute atomic E-state index is 0.243. The summed E-state index contributed by atoms with van der Waals surface area (Å²) in [5.74, 6) is -0.612. The highest BCUT2D eigenvalue weighted by Gasteiger charge is 2.27. The Morgan fingerprint density at radius 3 is 2.47 bits per heavy atom. The number of carbonyl (C=O) groups is 2. The molecule has 0 unspecified atom stereocenters. The van der Waals surface area contributed by atoms with Crippen LogP contribution in [-0.2, 0) is 17.7 Å². The lowest BCUT2D eigenvalue weighted by Crippen LogP contribution is -2.39. The van der Waals surface area contributed by atoms with Crippen LogP contribution in [0.1, 0.15) is 75.4 Å². The second-order valence-electron chi connectivity index (χ2n) is 11.5. The van der Waals surface area contributed by atoms with Gasteiger partial charge in [-0.05, 0) is 76.3 Å². The fraction of sp³-hybridized carbons (Fsp3) is 0.452. The number of ether oxygens (including phenoxy) is 1. The van der Waals surface area contributed by atoms with Gasteiger partial charge in [-0.1, -0.05) is 32.9 Å². The lowest BCUT2D eigenvalue weighted by Gasteiger charge is -2.30. The smallest absolute Gasteiger partial charge is 0.410 e. The van der Waals surface area contributed by atoms with Crippen LogP contribution in [0.4, 0.5) is 4.79 Å². The van der Waals surface area contributed by atoms with E-state index in [1.807, 2.05) is 33.8 Å². The minimum Gasteiger partial charge on any atom is -0.478 e. The van der Waals surface area contributed by atoms with Crippen LogP contribution in [0.5, 0.6) is 0 Å². The zero-order valence-corrected chi connectivity index (χ0v) is 23.6. The zero-order valence-electron chi connectivity index (χ0n) is 23.6. The molecule has 1 aromatic carbocycles. The van der Waals surface area contributed by atoms with Crippen LogP contribution >= 0.6 is 0 Å². The molecule has 1 N–H and O–H groups in total. The van der Waals surface area contributed by atoms with E-state index in [1.54, 1.807) is 17.0 Å². The van der Waals surface area contributed by atoms with Crippen molar-refractivity contribution in [1.82, 2.24) is 14.5 Å². The molecule has 202 valence electrons. The van der Waals surface area contributed by atoms with Crippen LogP contribution in [0.15, 0.2) is 36.4 Å². The van der Waals surface area contributed by atoms with E-state index < -0.39 is 11.6 Å². The molecular formula is C31H39N3O4. The number of aromatic nitrogens is 2. The minimum atomic E-state index is -0.963. The van der Waals surface area contributed by atoms with E-state index in [0.717, 1.165) is 64.1 Å². The number of fused-ring (bicyclic) bond motifs is 1. The Kier molecular flexibility index (Phi) is 7.68. The molecule has 0 radical (unpaired) electrons. The van der Waals surface area contributed by atoms with Crippen molar-refractivity contribution in [1.29, 1.82) is 0 Å². The van der Waals surface area contributed by atoms with E-state index in [0.29, 0.717) is 19.0 Å². The van der Waals surface area contributed by atoms with Gasteiger partial charge in [-0.25, -0.2) is 9.59 Å². The fourth-order valence-electron chi connectivity index (χ4n) is 5.07. The molecule has 1 aliphatic rings. The number of hydrogen-bond donors (Lipinski definition) is 1. The first-order valence-corrected chi connectivity index (χ1v) is 13.4. The van der Waals surface area contributed by atoms with E-state index in [4.69, 9.17) is 9.72 Å². The molecule has 0 atom stereocenters. The van der Waals surface area contributed by atoms with Crippen molar-refractivity contribution in [3.63, 3.8) is 0 Å². The van der Waals surface area contributed by atoms with Gasteiger partial charge in [0.2, 0.25) is 0 Å². The van der Waals surface area contributed by atoms with E-state index in [1.165, 1.54) is 0 Å². The first-order chi connectivity index (χ1) is 17.9. The maximum Gasteiger partial charge on any atom is 0.410 e. The van der Waals surface area contributed by atoms with Crippen molar-refractivity contribution < 1.29 is 19.4 Å². The molecule has 0 spiro atoms. The average molecular weight is 518 g/mol.